The number of nitrogens with zero attached hydrogens (tertiary/aromatic N) is 1. The minimum absolute atomic E-state index is 0.112. The van der Waals surface area contributed by atoms with E-state index in [1.807, 2.05) is 18.2 Å². The van der Waals surface area contributed by atoms with Gasteiger partial charge in [0.1, 0.15) is 12.4 Å². The third-order valence-corrected chi connectivity index (χ3v) is 2.64. The molecule has 0 heterocycles. The number of methoxy groups -OCH3 is 1. The van der Waals surface area contributed by atoms with E-state index in [4.69, 9.17) is 14.7 Å². The zero-order valence-electron chi connectivity index (χ0n) is 10.4. The van der Waals surface area contributed by atoms with Crippen LogP contribution in [0.5, 0.6) is 11.5 Å². The molecule has 0 unspecified atom stereocenters. The highest BCUT2D eigenvalue weighted by Gasteiger charge is 2.07. The first kappa shape index (κ1) is 12.9. The zero-order chi connectivity index (χ0) is 13.7. The number of benzene rings is 2. The molecule has 0 radical (unpaired) electrons. The number of hydrogen-bond acceptors (Lipinski definition) is 3. The summed E-state index contributed by atoms with van der Waals surface area (Å²) in [6.45, 7) is 0.112. The molecule has 0 saturated heterocycles. The molecule has 0 spiro atoms. The number of para-hydroxylation sites is 2. The van der Waals surface area contributed by atoms with Crippen molar-refractivity contribution >= 4 is 0 Å². The molecule has 0 amide bonds. The Labute approximate surface area is 110 Å². The summed E-state index contributed by atoms with van der Waals surface area (Å²) >= 11 is 0. The number of nitriles is 1. The molecule has 4 heteroatoms. The average Bonchev–Trinajstić information content (AvgIpc) is 2.45. The van der Waals surface area contributed by atoms with Gasteiger partial charge in [0, 0.05) is 5.56 Å². The smallest absolute Gasteiger partial charge is 0.161 e. The van der Waals surface area contributed by atoms with Crippen LogP contribution in [0.1, 0.15) is 11.1 Å². The Bertz CT molecular complexity index is 620. The zero-order valence-corrected chi connectivity index (χ0v) is 10.4. The van der Waals surface area contributed by atoms with Gasteiger partial charge in [-0.25, -0.2) is 4.39 Å². The summed E-state index contributed by atoms with van der Waals surface area (Å²) in [7, 11) is 1.55. The van der Waals surface area contributed by atoms with Gasteiger partial charge in [-0.2, -0.15) is 5.26 Å². The highest BCUT2D eigenvalue weighted by atomic mass is 19.1. The second-order valence-corrected chi connectivity index (χ2v) is 3.85. The van der Waals surface area contributed by atoms with Gasteiger partial charge in [-0.05, 0) is 30.3 Å². The van der Waals surface area contributed by atoms with E-state index >= 15 is 0 Å². The Balaban J connectivity index is 2.19. The van der Waals surface area contributed by atoms with Crippen LogP contribution in [0.4, 0.5) is 4.39 Å². The van der Waals surface area contributed by atoms with Crippen molar-refractivity contribution < 1.29 is 13.9 Å². The van der Waals surface area contributed by atoms with Crippen LogP contribution in [-0.4, -0.2) is 7.11 Å². The summed E-state index contributed by atoms with van der Waals surface area (Å²) in [6.07, 6.45) is 0. The van der Waals surface area contributed by atoms with E-state index < -0.39 is 5.82 Å². The Morgan fingerprint density at radius 3 is 2.58 bits per heavy atom. The first-order chi connectivity index (χ1) is 9.24. The molecule has 2 aromatic carbocycles. The van der Waals surface area contributed by atoms with Gasteiger partial charge < -0.3 is 9.47 Å². The van der Waals surface area contributed by atoms with E-state index in [1.165, 1.54) is 18.2 Å². The quantitative estimate of drug-likeness (QED) is 0.844. The van der Waals surface area contributed by atoms with E-state index in [9.17, 15) is 4.39 Å². The average molecular weight is 257 g/mol. The van der Waals surface area contributed by atoms with Crippen molar-refractivity contribution in [2.75, 3.05) is 7.11 Å². The second kappa shape index (κ2) is 5.87. The lowest BCUT2D eigenvalue weighted by Crippen LogP contribution is -2.00. The molecule has 0 atom stereocenters. The molecule has 0 aliphatic rings. The van der Waals surface area contributed by atoms with Crippen molar-refractivity contribution in [1.82, 2.24) is 0 Å². The summed E-state index contributed by atoms with van der Waals surface area (Å²) in [5.41, 5.74) is 0.907. The molecule has 0 aliphatic heterocycles. The van der Waals surface area contributed by atoms with Gasteiger partial charge in [-0.15, -0.1) is 0 Å². The van der Waals surface area contributed by atoms with Crippen molar-refractivity contribution in [1.29, 1.82) is 5.26 Å². The molecular formula is C15H12FNO2. The maximum atomic E-state index is 13.2. The minimum atomic E-state index is -0.391. The van der Waals surface area contributed by atoms with Crippen LogP contribution in [-0.2, 0) is 6.61 Å². The number of halogens is 1. The number of ether oxygens (including phenoxy) is 2. The summed E-state index contributed by atoms with van der Waals surface area (Å²) in [5, 5.41) is 8.95. The van der Waals surface area contributed by atoms with Gasteiger partial charge in [0.05, 0.1) is 18.7 Å². The largest absolute Gasteiger partial charge is 0.493 e. The molecule has 2 aromatic rings. The lowest BCUT2D eigenvalue weighted by atomic mass is 10.1. The molecule has 19 heavy (non-hydrogen) atoms. The predicted molar refractivity (Wildman–Crippen MR) is 68.4 cm³/mol. The minimum Gasteiger partial charge on any atom is -0.493 e. The fourth-order valence-electron chi connectivity index (χ4n) is 1.68. The fourth-order valence-corrected chi connectivity index (χ4v) is 1.68. The molecule has 0 saturated carbocycles. The predicted octanol–water partition coefficient (Wildman–Crippen LogP) is 3.28. The van der Waals surface area contributed by atoms with E-state index in [0.29, 0.717) is 22.6 Å². The van der Waals surface area contributed by atoms with E-state index in [1.54, 1.807) is 19.2 Å². The van der Waals surface area contributed by atoms with Gasteiger partial charge in [0.2, 0.25) is 0 Å². The summed E-state index contributed by atoms with van der Waals surface area (Å²) < 4.78 is 23.9. The number of rotatable bonds is 4. The number of hydrogen-bond donors (Lipinski definition) is 0. The lowest BCUT2D eigenvalue weighted by Gasteiger charge is -2.11. The lowest BCUT2D eigenvalue weighted by molar-refractivity contribution is 0.284. The monoisotopic (exact) mass is 257 g/mol. The normalized spacial score (nSPS) is 9.74. The maximum Gasteiger partial charge on any atom is 0.161 e. The SMILES string of the molecule is COc1ccccc1OCc1cc(F)ccc1C#N. The summed E-state index contributed by atoms with van der Waals surface area (Å²) in [4.78, 5) is 0. The first-order valence-electron chi connectivity index (χ1n) is 5.69. The molecule has 2 rings (SSSR count). The van der Waals surface area contributed by atoms with Crippen LogP contribution in [0.2, 0.25) is 0 Å². The Kier molecular flexibility index (Phi) is 3.99. The molecule has 0 aliphatic carbocycles. The van der Waals surface area contributed by atoms with Crippen molar-refractivity contribution in [3.05, 3.63) is 59.4 Å². The van der Waals surface area contributed by atoms with Crippen molar-refractivity contribution in [3.8, 4) is 17.6 Å². The molecule has 0 bridgehead atoms. The molecule has 0 aromatic heterocycles. The van der Waals surface area contributed by atoms with Crippen LogP contribution in [0.3, 0.4) is 0 Å². The van der Waals surface area contributed by atoms with Crippen LogP contribution >= 0.6 is 0 Å². The highest BCUT2D eigenvalue weighted by Crippen LogP contribution is 2.27. The standard InChI is InChI=1S/C15H12FNO2/c1-18-14-4-2-3-5-15(14)19-10-12-8-13(16)7-6-11(12)9-17/h2-8H,10H2,1H3. The Morgan fingerprint density at radius 2 is 1.89 bits per heavy atom. The van der Waals surface area contributed by atoms with Gasteiger partial charge >= 0.3 is 0 Å². The Morgan fingerprint density at radius 1 is 1.16 bits per heavy atom. The molecule has 3 nitrogen and oxygen atoms in total. The third kappa shape index (κ3) is 3.02. The van der Waals surface area contributed by atoms with Gasteiger partial charge in [-0.1, -0.05) is 12.1 Å². The topological polar surface area (TPSA) is 42.2 Å². The first-order valence-corrected chi connectivity index (χ1v) is 5.69. The van der Waals surface area contributed by atoms with Crippen molar-refractivity contribution in [2.24, 2.45) is 0 Å². The van der Waals surface area contributed by atoms with Crippen LogP contribution in [0, 0.1) is 17.1 Å². The third-order valence-electron chi connectivity index (χ3n) is 2.64. The maximum absolute atomic E-state index is 13.2. The fraction of sp³-hybridized carbons (Fsp3) is 0.133. The van der Waals surface area contributed by atoms with Crippen LogP contribution in [0.25, 0.3) is 0 Å². The van der Waals surface area contributed by atoms with Crippen molar-refractivity contribution in [2.45, 2.75) is 6.61 Å². The highest BCUT2D eigenvalue weighted by molar-refractivity contribution is 5.41. The van der Waals surface area contributed by atoms with E-state index in [-0.39, 0.29) is 6.61 Å². The molecule has 96 valence electrons. The van der Waals surface area contributed by atoms with Gasteiger partial charge in [0.25, 0.3) is 0 Å². The second-order valence-electron chi connectivity index (χ2n) is 3.85. The van der Waals surface area contributed by atoms with Crippen molar-refractivity contribution in [3.63, 3.8) is 0 Å². The van der Waals surface area contributed by atoms with Crippen LogP contribution in [0.15, 0.2) is 42.5 Å². The van der Waals surface area contributed by atoms with E-state index in [2.05, 4.69) is 0 Å². The summed E-state index contributed by atoms with van der Waals surface area (Å²) in [6, 6.07) is 13.2. The summed E-state index contributed by atoms with van der Waals surface area (Å²) in [5.74, 6) is 0.758. The molecule has 0 fully saturated rings. The van der Waals surface area contributed by atoms with Crippen LogP contribution < -0.4 is 9.47 Å². The van der Waals surface area contributed by atoms with Gasteiger partial charge in [-0.3, -0.25) is 0 Å². The molecular weight excluding hydrogens is 245 g/mol. The Hall–Kier alpha value is -2.54. The van der Waals surface area contributed by atoms with E-state index in [0.717, 1.165) is 0 Å². The molecule has 0 N–H and O–H groups in total. The van der Waals surface area contributed by atoms with Gasteiger partial charge in [0.15, 0.2) is 11.5 Å².